The Bertz CT molecular complexity index is 1050. The number of hydrogen-bond acceptors (Lipinski definition) is 3. The summed E-state index contributed by atoms with van der Waals surface area (Å²) in [6, 6.07) is 22.8. The summed E-state index contributed by atoms with van der Waals surface area (Å²) in [6.07, 6.45) is 1.13. The van der Waals surface area contributed by atoms with Crippen LogP contribution in [-0.2, 0) is 17.8 Å². The maximum Gasteiger partial charge on any atom is 0.259 e. The van der Waals surface area contributed by atoms with E-state index in [-0.39, 0.29) is 11.8 Å². The minimum Gasteiger partial charge on any atom is -0.496 e. The summed E-state index contributed by atoms with van der Waals surface area (Å²) in [6.45, 7) is 0.541. The van der Waals surface area contributed by atoms with Gasteiger partial charge in [0.2, 0.25) is 5.91 Å². The molecule has 0 saturated carbocycles. The summed E-state index contributed by atoms with van der Waals surface area (Å²) < 4.78 is 5.27. The molecule has 0 spiro atoms. The molecule has 1 heterocycles. The van der Waals surface area contributed by atoms with Crippen LogP contribution in [-0.4, -0.2) is 18.9 Å². The van der Waals surface area contributed by atoms with E-state index in [1.54, 1.807) is 25.3 Å². The van der Waals surface area contributed by atoms with Crippen molar-refractivity contribution in [3.05, 3.63) is 89.5 Å². The number of fused-ring (bicyclic) bond motifs is 1. The van der Waals surface area contributed by atoms with Crippen LogP contribution in [0.15, 0.2) is 72.8 Å². The Hall–Kier alpha value is -3.60. The van der Waals surface area contributed by atoms with Gasteiger partial charge in [-0.05, 0) is 47.9 Å². The van der Waals surface area contributed by atoms with Crippen LogP contribution in [0.2, 0.25) is 0 Å². The Balaban J connectivity index is 1.57. The van der Waals surface area contributed by atoms with E-state index in [0.717, 1.165) is 16.8 Å². The lowest BCUT2D eigenvalue weighted by Gasteiger charge is -2.30. The molecule has 3 aromatic carbocycles. The third-order valence-corrected chi connectivity index (χ3v) is 5.07. The number of carbonyl (C=O) groups is 2. The summed E-state index contributed by atoms with van der Waals surface area (Å²) in [7, 11) is 1.54. The molecule has 146 valence electrons. The molecule has 5 heteroatoms. The van der Waals surface area contributed by atoms with Crippen molar-refractivity contribution in [1.82, 2.24) is 0 Å². The van der Waals surface area contributed by atoms with Crippen LogP contribution in [0.1, 0.15) is 27.9 Å². The number of nitrogens with one attached hydrogen (secondary N) is 1. The molecular formula is C24H22N2O3. The minimum absolute atomic E-state index is 0.118. The Labute approximate surface area is 169 Å². The van der Waals surface area contributed by atoms with E-state index in [9.17, 15) is 9.59 Å². The summed E-state index contributed by atoms with van der Waals surface area (Å²) in [5, 5.41) is 2.94. The molecule has 0 fully saturated rings. The monoisotopic (exact) mass is 386 g/mol. The number of methoxy groups -OCH3 is 1. The molecule has 0 aliphatic carbocycles. The number of benzene rings is 3. The first-order chi connectivity index (χ1) is 14.2. The van der Waals surface area contributed by atoms with Crippen molar-refractivity contribution in [2.45, 2.75) is 19.4 Å². The summed E-state index contributed by atoms with van der Waals surface area (Å²) >= 11 is 0. The highest BCUT2D eigenvalue weighted by molar-refractivity contribution is 6.06. The number of ether oxygens (including phenoxy) is 1. The molecule has 1 aliphatic heterocycles. The van der Waals surface area contributed by atoms with Crippen LogP contribution in [0.5, 0.6) is 5.75 Å². The molecule has 3 aromatic rings. The van der Waals surface area contributed by atoms with Crippen molar-refractivity contribution < 1.29 is 14.3 Å². The van der Waals surface area contributed by atoms with Crippen LogP contribution in [0.4, 0.5) is 11.4 Å². The Morgan fingerprint density at radius 1 is 1.00 bits per heavy atom. The fraction of sp³-hybridized carbons (Fsp3) is 0.167. The van der Waals surface area contributed by atoms with E-state index in [0.29, 0.717) is 36.4 Å². The molecule has 0 atom stereocenters. The van der Waals surface area contributed by atoms with Crippen LogP contribution in [0.3, 0.4) is 0 Å². The molecule has 4 rings (SSSR count). The number of para-hydroxylation sites is 1. The number of nitrogens with zero attached hydrogens (tertiary/aromatic N) is 1. The molecular weight excluding hydrogens is 364 g/mol. The maximum absolute atomic E-state index is 12.7. The Kier molecular flexibility index (Phi) is 5.29. The molecule has 0 radical (unpaired) electrons. The fourth-order valence-corrected chi connectivity index (χ4v) is 3.61. The number of hydrogen-bond donors (Lipinski definition) is 1. The predicted molar refractivity (Wildman–Crippen MR) is 113 cm³/mol. The van der Waals surface area contributed by atoms with Crippen LogP contribution in [0.25, 0.3) is 0 Å². The standard InChI is InChI=1S/C24H22N2O3/c1-29-22-10-6-5-9-20(22)24(28)25-19-12-13-21-18(15-19)11-14-23(27)26(21)16-17-7-3-2-4-8-17/h2-10,12-13,15H,11,14,16H2,1H3,(H,25,28). The smallest absolute Gasteiger partial charge is 0.259 e. The minimum atomic E-state index is -0.226. The van der Waals surface area contributed by atoms with E-state index < -0.39 is 0 Å². The number of rotatable bonds is 5. The molecule has 29 heavy (non-hydrogen) atoms. The average Bonchev–Trinajstić information content (AvgIpc) is 2.76. The Morgan fingerprint density at radius 2 is 1.76 bits per heavy atom. The lowest BCUT2D eigenvalue weighted by Crippen LogP contribution is -2.34. The SMILES string of the molecule is COc1ccccc1C(=O)Nc1ccc2c(c1)CCC(=O)N2Cc1ccccc1. The third kappa shape index (κ3) is 3.99. The highest BCUT2D eigenvalue weighted by Gasteiger charge is 2.24. The molecule has 0 unspecified atom stereocenters. The second-order valence-electron chi connectivity index (χ2n) is 6.96. The van der Waals surface area contributed by atoms with Crippen molar-refractivity contribution in [2.75, 3.05) is 17.3 Å². The molecule has 0 aromatic heterocycles. The lowest BCUT2D eigenvalue weighted by atomic mass is 9.99. The molecule has 0 saturated heterocycles. The molecule has 1 aliphatic rings. The van der Waals surface area contributed by atoms with Crippen molar-refractivity contribution in [1.29, 1.82) is 0 Å². The van der Waals surface area contributed by atoms with Gasteiger partial charge in [0.25, 0.3) is 5.91 Å². The van der Waals surface area contributed by atoms with E-state index in [1.807, 2.05) is 59.5 Å². The fourth-order valence-electron chi connectivity index (χ4n) is 3.61. The first kappa shape index (κ1) is 18.7. The van der Waals surface area contributed by atoms with Gasteiger partial charge in [-0.3, -0.25) is 9.59 Å². The topological polar surface area (TPSA) is 58.6 Å². The Morgan fingerprint density at radius 3 is 2.55 bits per heavy atom. The van der Waals surface area contributed by atoms with Crippen LogP contribution in [0, 0.1) is 0 Å². The largest absolute Gasteiger partial charge is 0.496 e. The quantitative estimate of drug-likeness (QED) is 0.706. The lowest BCUT2D eigenvalue weighted by molar-refractivity contribution is -0.119. The number of carbonyl (C=O) groups excluding carboxylic acids is 2. The van der Waals surface area contributed by atoms with Gasteiger partial charge in [-0.1, -0.05) is 42.5 Å². The van der Waals surface area contributed by atoms with Gasteiger partial charge in [0, 0.05) is 17.8 Å². The van der Waals surface area contributed by atoms with Gasteiger partial charge in [0.1, 0.15) is 5.75 Å². The van der Waals surface area contributed by atoms with Crippen molar-refractivity contribution in [3.8, 4) is 5.75 Å². The second kappa shape index (κ2) is 8.19. The van der Waals surface area contributed by atoms with Gasteiger partial charge in [-0.15, -0.1) is 0 Å². The summed E-state index contributed by atoms with van der Waals surface area (Å²) in [4.78, 5) is 27.0. The normalized spacial score (nSPS) is 13.0. The second-order valence-corrected chi connectivity index (χ2v) is 6.96. The average molecular weight is 386 g/mol. The third-order valence-electron chi connectivity index (χ3n) is 5.07. The van der Waals surface area contributed by atoms with E-state index in [2.05, 4.69) is 5.32 Å². The molecule has 5 nitrogen and oxygen atoms in total. The van der Waals surface area contributed by atoms with Crippen molar-refractivity contribution in [2.24, 2.45) is 0 Å². The van der Waals surface area contributed by atoms with Gasteiger partial charge in [-0.25, -0.2) is 0 Å². The van der Waals surface area contributed by atoms with Crippen LogP contribution < -0.4 is 15.0 Å². The number of aryl methyl sites for hydroxylation is 1. The summed E-state index contributed by atoms with van der Waals surface area (Å²) in [5.74, 6) is 0.421. The van der Waals surface area contributed by atoms with E-state index in [4.69, 9.17) is 4.74 Å². The molecule has 2 amide bonds. The zero-order valence-electron chi connectivity index (χ0n) is 16.2. The predicted octanol–water partition coefficient (Wildman–Crippen LogP) is 4.43. The molecule has 1 N–H and O–H groups in total. The number of anilines is 2. The van der Waals surface area contributed by atoms with E-state index >= 15 is 0 Å². The highest BCUT2D eigenvalue weighted by Crippen LogP contribution is 2.32. The number of amides is 2. The van der Waals surface area contributed by atoms with Crippen molar-refractivity contribution >= 4 is 23.2 Å². The zero-order chi connectivity index (χ0) is 20.2. The first-order valence-electron chi connectivity index (χ1n) is 9.57. The van der Waals surface area contributed by atoms with Crippen molar-refractivity contribution in [3.63, 3.8) is 0 Å². The maximum atomic E-state index is 12.7. The van der Waals surface area contributed by atoms with Crippen LogP contribution >= 0.6 is 0 Å². The van der Waals surface area contributed by atoms with Gasteiger partial charge < -0.3 is 15.0 Å². The zero-order valence-corrected chi connectivity index (χ0v) is 16.2. The van der Waals surface area contributed by atoms with E-state index in [1.165, 1.54) is 0 Å². The molecule has 0 bridgehead atoms. The summed E-state index contributed by atoms with van der Waals surface area (Å²) in [5.41, 5.74) is 4.23. The van der Waals surface area contributed by atoms with Gasteiger partial charge in [0.15, 0.2) is 0 Å². The van der Waals surface area contributed by atoms with Gasteiger partial charge in [0.05, 0.1) is 19.2 Å². The van der Waals surface area contributed by atoms with Gasteiger partial charge in [-0.2, -0.15) is 0 Å². The highest BCUT2D eigenvalue weighted by atomic mass is 16.5. The van der Waals surface area contributed by atoms with Gasteiger partial charge >= 0.3 is 0 Å². The first-order valence-corrected chi connectivity index (χ1v) is 9.57.